The predicted molar refractivity (Wildman–Crippen MR) is 128 cm³/mol. The molecule has 34 heavy (non-hydrogen) atoms. The number of nitrogens with one attached hydrogen (secondary N) is 1. The first-order valence-electron chi connectivity index (χ1n) is 10.8. The van der Waals surface area contributed by atoms with Crippen molar-refractivity contribution in [1.82, 2.24) is 0 Å². The number of anilines is 2. The molecule has 0 bridgehead atoms. The molecule has 1 amide bonds. The lowest BCUT2D eigenvalue weighted by molar-refractivity contribution is -0.136. The number of para-hydroxylation sites is 2. The second kappa shape index (κ2) is 10.2. The molecule has 0 unspecified atom stereocenters. The van der Waals surface area contributed by atoms with Crippen LogP contribution in [0, 0.1) is 0 Å². The van der Waals surface area contributed by atoms with Crippen LogP contribution in [0.2, 0.25) is 0 Å². The quantitative estimate of drug-likeness (QED) is 0.525. The molecule has 0 aromatic heterocycles. The van der Waals surface area contributed by atoms with E-state index in [9.17, 15) is 9.59 Å². The summed E-state index contributed by atoms with van der Waals surface area (Å²) in [6, 6.07) is 19.6. The van der Waals surface area contributed by atoms with Gasteiger partial charge in [0.25, 0.3) is 5.91 Å². The van der Waals surface area contributed by atoms with E-state index >= 15 is 0 Å². The van der Waals surface area contributed by atoms with E-state index in [1.165, 1.54) is 7.11 Å². The lowest BCUT2D eigenvalue weighted by Gasteiger charge is -2.33. The summed E-state index contributed by atoms with van der Waals surface area (Å²) < 4.78 is 17.2. The number of carbonyl (C=O) groups excluding carboxylic acids is 1. The average Bonchev–Trinajstić information content (AvgIpc) is 2.83. The number of hydrogen-bond acceptors (Lipinski definition) is 6. The van der Waals surface area contributed by atoms with Crippen LogP contribution in [-0.4, -0.2) is 50.4 Å². The minimum absolute atomic E-state index is 0.117. The molecule has 8 nitrogen and oxygen atoms in total. The summed E-state index contributed by atoms with van der Waals surface area (Å²) >= 11 is 0. The second-order valence-electron chi connectivity index (χ2n) is 7.98. The van der Waals surface area contributed by atoms with Crippen molar-refractivity contribution in [3.05, 3.63) is 77.9 Å². The summed E-state index contributed by atoms with van der Waals surface area (Å²) in [6.07, 6.45) is -0.265. The third-order valence-corrected chi connectivity index (χ3v) is 5.47. The first-order valence-corrected chi connectivity index (χ1v) is 10.8. The largest absolute Gasteiger partial charge is 0.495 e. The Hall–Kier alpha value is -4.20. The number of hydrogen-bond donors (Lipinski definition) is 2. The van der Waals surface area contributed by atoms with Crippen LogP contribution >= 0.6 is 0 Å². The third kappa shape index (κ3) is 5.40. The molecule has 176 valence electrons. The van der Waals surface area contributed by atoms with Crippen molar-refractivity contribution < 1.29 is 28.9 Å². The first-order chi connectivity index (χ1) is 16.4. The van der Waals surface area contributed by atoms with E-state index in [1.54, 1.807) is 42.5 Å². The number of fused-ring (bicyclic) bond motifs is 1. The van der Waals surface area contributed by atoms with Crippen LogP contribution in [0.4, 0.5) is 11.4 Å². The molecule has 0 radical (unpaired) electrons. The van der Waals surface area contributed by atoms with Crippen LogP contribution in [0.15, 0.2) is 66.7 Å². The first kappa shape index (κ1) is 23.0. The Morgan fingerprint density at radius 3 is 2.62 bits per heavy atom. The number of ether oxygens (including phenoxy) is 3. The van der Waals surface area contributed by atoms with Gasteiger partial charge in [-0.2, -0.15) is 0 Å². The van der Waals surface area contributed by atoms with Gasteiger partial charge in [0.05, 0.1) is 31.5 Å². The van der Waals surface area contributed by atoms with E-state index in [0.29, 0.717) is 41.5 Å². The second-order valence-corrected chi connectivity index (χ2v) is 7.98. The normalized spacial score (nSPS) is 14.5. The predicted octanol–water partition coefficient (Wildman–Crippen LogP) is 3.85. The maximum Gasteiger partial charge on any atom is 0.307 e. The van der Waals surface area contributed by atoms with E-state index in [4.69, 9.17) is 19.3 Å². The van der Waals surface area contributed by atoms with Crippen LogP contribution < -0.4 is 24.4 Å². The van der Waals surface area contributed by atoms with Gasteiger partial charge in [-0.1, -0.05) is 18.2 Å². The number of carbonyl (C=O) groups is 2. The molecule has 3 aromatic rings. The van der Waals surface area contributed by atoms with Gasteiger partial charge in [-0.15, -0.1) is 0 Å². The highest BCUT2D eigenvalue weighted by molar-refractivity contribution is 6.05. The number of nitrogens with zero attached hydrogens (tertiary/aromatic N) is 1. The fraction of sp³-hybridized carbons (Fsp3) is 0.231. The fourth-order valence-corrected chi connectivity index (χ4v) is 3.80. The number of likely N-dealkylation sites (N-methyl/N-ethyl adjacent to an activating group) is 1. The minimum atomic E-state index is -0.951. The average molecular weight is 463 g/mol. The van der Waals surface area contributed by atoms with Crippen LogP contribution in [0.3, 0.4) is 0 Å². The van der Waals surface area contributed by atoms with Crippen molar-refractivity contribution >= 4 is 23.3 Å². The van der Waals surface area contributed by atoms with Crippen molar-refractivity contribution in [2.75, 3.05) is 37.5 Å². The number of amides is 1. The lowest BCUT2D eigenvalue weighted by atomic mass is 10.1. The monoisotopic (exact) mass is 462 g/mol. The maximum absolute atomic E-state index is 12.7. The topological polar surface area (TPSA) is 97.3 Å². The van der Waals surface area contributed by atoms with Crippen LogP contribution in [0.1, 0.15) is 15.9 Å². The van der Waals surface area contributed by atoms with E-state index in [-0.39, 0.29) is 18.4 Å². The van der Waals surface area contributed by atoms with Gasteiger partial charge in [-0.25, -0.2) is 0 Å². The molecule has 2 N–H and O–H groups in total. The van der Waals surface area contributed by atoms with E-state index < -0.39 is 5.97 Å². The standard InChI is InChI=1S/C26H26N2O6/c1-28-15-20(34-24-6-4-3-5-22(24)28)16-33-19-10-8-18(9-11-19)26(31)27-21-13-17(14-25(29)30)7-12-23(21)32-2/h3-13,20H,14-16H2,1-2H3,(H,27,31)(H,29,30)/t20-/m0/s1. The van der Waals surface area contributed by atoms with Gasteiger partial charge in [0.1, 0.15) is 30.0 Å². The Kier molecular flexibility index (Phi) is 6.87. The molecule has 0 saturated carbocycles. The Labute approximate surface area is 197 Å². The summed E-state index contributed by atoms with van der Waals surface area (Å²) in [5.41, 5.74) is 2.45. The summed E-state index contributed by atoms with van der Waals surface area (Å²) in [5, 5.41) is 11.8. The number of aliphatic carboxylic acids is 1. The zero-order valence-electron chi connectivity index (χ0n) is 19.0. The van der Waals surface area contributed by atoms with Gasteiger partial charge in [0, 0.05) is 12.6 Å². The molecular formula is C26H26N2O6. The number of carboxylic acid groups (broad SMARTS) is 1. The van der Waals surface area contributed by atoms with Gasteiger partial charge < -0.3 is 29.5 Å². The van der Waals surface area contributed by atoms with Crippen molar-refractivity contribution in [2.45, 2.75) is 12.5 Å². The van der Waals surface area contributed by atoms with E-state index in [1.807, 2.05) is 31.3 Å². The molecule has 1 heterocycles. The molecule has 0 saturated heterocycles. The molecule has 8 heteroatoms. The van der Waals surface area contributed by atoms with Crippen molar-refractivity contribution in [3.8, 4) is 17.2 Å². The molecule has 0 fully saturated rings. The van der Waals surface area contributed by atoms with Crippen molar-refractivity contribution in [3.63, 3.8) is 0 Å². The van der Waals surface area contributed by atoms with Crippen LogP contribution in [-0.2, 0) is 11.2 Å². The number of benzene rings is 3. The summed E-state index contributed by atoms with van der Waals surface area (Å²) in [5.74, 6) is 0.613. The summed E-state index contributed by atoms with van der Waals surface area (Å²) in [6.45, 7) is 1.08. The van der Waals surface area contributed by atoms with E-state index in [0.717, 1.165) is 11.4 Å². The van der Waals surface area contributed by atoms with Crippen molar-refractivity contribution in [1.29, 1.82) is 0 Å². The maximum atomic E-state index is 12.7. The highest BCUT2D eigenvalue weighted by Gasteiger charge is 2.23. The molecule has 4 rings (SSSR count). The van der Waals surface area contributed by atoms with Gasteiger partial charge in [0.2, 0.25) is 0 Å². The minimum Gasteiger partial charge on any atom is -0.495 e. The van der Waals surface area contributed by atoms with Gasteiger partial charge in [0.15, 0.2) is 0 Å². The smallest absolute Gasteiger partial charge is 0.307 e. The van der Waals surface area contributed by atoms with Gasteiger partial charge in [-0.05, 0) is 54.1 Å². The highest BCUT2D eigenvalue weighted by Crippen LogP contribution is 2.32. The van der Waals surface area contributed by atoms with Crippen molar-refractivity contribution in [2.24, 2.45) is 0 Å². The SMILES string of the molecule is COc1ccc(CC(=O)O)cc1NC(=O)c1ccc(OC[C@@H]2CN(C)c3ccccc3O2)cc1. The zero-order chi connectivity index (χ0) is 24.1. The molecule has 0 aliphatic carbocycles. The lowest BCUT2D eigenvalue weighted by Crippen LogP contribution is -2.41. The van der Waals surface area contributed by atoms with Gasteiger partial charge >= 0.3 is 5.97 Å². The Bertz CT molecular complexity index is 1180. The molecule has 1 atom stereocenters. The van der Waals surface area contributed by atoms with Crippen LogP contribution in [0.5, 0.6) is 17.2 Å². The molecule has 3 aromatic carbocycles. The fourth-order valence-electron chi connectivity index (χ4n) is 3.80. The van der Waals surface area contributed by atoms with Gasteiger partial charge in [-0.3, -0.25) is 9.59 Å². The molecule has 0 spiro atoms. The Morgan fingerprint density at radius 1 is 1.12 bits per heavy atom. The molecule has 1 aliphatic heterocycles. The molecule has 1 aliphatic rings. The highest BCUT2D eigenvalue weighted by atomic mass is 16.5. The Balaban J connectivity index is 1.36. The Morgan fingerprint density at radius 2 is 1.88 bits per heavy atom. The zero-order valence-corrected chi connectivity index (χ0v) is 19.0. The number of methoxy groups -OCH3 is 1. The van der Waals surface area contributed by atoms with Crippen LogP contribution in [0.25, 0.3) is 0 Å². The summed E-state index contributed by atoms with van der Waals surface area (Å²) in [7, 11) is 3.51. The third-order valence-electron chi connectivity index (χ3n) is 5.47. The van der Waals surface area contributed by atoms with E-state index in [2.05, 4.69) is 10.2 Å². The number of rotatable bonds is 8. The summed E-state index contributed by atoms with van der Waals surface area (Å²) in [4.78, 5) is 25.9. The molecular weight excluding hydrogens is 436 g/mol. The number of carboxylic acids is 1.